The van der Waals surface area contributed by atoms with Gasteiger partial charge >= 0.3 is 0 Å². The third kappa shape index (κ3) is 8.11. The normalized spacial score (nSPS) is 13.4. The lowest BCUT2D eigenvalue weighted by atomic mass is 9.93. The second-order valence-electron chi connectivity index (χ2n) is 10.0. The van der Waals surface area contributed by atoms with E-state index in [0.717, 1.165) is 0 Å². The molecule has 39 heavy (non-hydrogen) atoms. The maximum atomic E-state index is 12.7. The van der Waals surface area contributed by atoms with Gasteiger partial charge in [0.25, 0.3) is 0 Å². The Hall–Kier alpha value is -3.76. The van der Waals surface area contributed by atoms with Crippen LogP contribution in [0.25, 0.3) is 11.1 Å². The molecule has 10 heteroatoms. The largest absolute Gasteiger partial charge is 0.507 e. The number of carbonyl (C=O) groups excluding carboxylic acids is 4. The van der Waals surface area contributed by atoms with Crippen LogP contribution < -0.4 is 21.5 Å². The van der Waals surface area contributed by atoms with Gasteiger partial charge in [-0.25, -0.2) is 0 Å². The van der Waals surface area contributed by atoms with E-state index in [1.807, 2.05) is 0 Å². The summed E-state index contributed by atoms with van der Waals surface area (Å²) in [6.45, 7) is 8.30. The molecule has 0 unspecified atom stereocenters. The van der Waals surface area contributed by atoms with Crippen molar-refractivity contribution in [1.29, 1.82) is 0 Å². The van der Waals surface area contributed by atoms with E-state index >= 15 is 0 Å². The highest BCUT2D eigenvalue weighted by atomic mass is 16.5. The number of phenolic OH excluding ortho intramolecular Hbond substituents is 1. The summed E-state index contributed by atoms with van der Waals surface area (Å²) >= 11 is 0. The van der Waals surface area contributed by atoms with E-state index in [1.165, 1.54) is 31.9 Å². The molecule has 10 nitrogen and oxygen atoms in total. The summed E-state index contributed by atoms with van der Waals surface area (Å²) in [4.78, 5) is 51.1. The van der Waals surface area contributed by atoms with E-state index in [4.69, 9.17) is 16.2 Å². The van der Waals surface area contributed by atoms with Crippen molar-refractivity contribution in [3.8, 4) is 22.6 Å². The van der Waals surface area contributed by atoms with Gasteiger partial charge < -0.3 is 31.5 Å². The fourth-order valence-electron chi connectivity index (χ4n) is 4.20. The number of hydrogen-bond acceptors (Lipinski definition) is 8. The number of nitrogens with two attached hydrogens (primary N) is 2. The van der Waals surface area contributed by atoms with Gasteiger partial charge in [-0.15, -0.1) is 0 Å². The molecule has 3 atom stereocenters. The summed E-state index contributed by atoms with van der Waals surface area (Å²) in [5.41, 5.74) is 13.5. The molecule has 0 spiro atoms. The zero-order valence-corrected chi connectivity index (χ0v) is 23.5. The molecule has 0 saturated heterocycles. The first kappa shape index (κ1) is 31.5. The number of phenols is 1. The van der Waals surface area contributed by atoms with Crippen LogP contribution in [0.3, 0.4) is 0 Å². The SMILES string of the molecule is CC(=O)[C@H](Cc1ccc(O)c(-c2cc([C@@H](C(C)=O)N(C)C(=O)[C@H](C)N)ccc2OCCN)c1)NC(=O)C(C)C. The van der Waals surface area contributed by atoms with Crippen LogP contribution in [0.1, 0.15) is 51.8 Å². The van der Waals surface area contributed by atoms with Crippen molar-refractivity contribution >= 4 is 23.4 Å². The number of rotatable bonds is 13. The van der Waals surface area contributed by atoms with Crippen molar-refractivity contribution in [2.24, 2.45) is 17.4 Å². The molecule has 0 radical (unpaired) electrons. The van der Waals surface area contributed by atoms with Gasteiger partial charge in [0.15, 0.2) is 11.6 Å². The van der Waals surface area contributed by atoms with Gasteiger partial charge in [-0.2, -0.15) is 0 Å². The van der Waals surface area contributed by atoms with Gasteiger partial charge in [0, 0.05) is 30.6 Å². The highest BCUT2D eigenvalue weighted by molar-refractivity contribution is 5.91. The third-order valence-corrected chi connectivity index (χ3v) is 6.33. The first-order chi connectivity index (χ1) is 18.3. The zero-order chi connectivity index (χ0) is 29.4. The summed E-state index contributed by atoms with van der Waals surface area (Å²) in [5.74, 6) is -1.03. The highest BCUT2D eigenvalue weighted by Crippen LogP contribution is 2.39. The number of aromatic hydroxyl groups is 1. The van der Waals surface area contributed by atoms with Crippen molar-refractivity contribution in [2.45, 2.75) is 59.2 Å². The van der Waals surface area contributed by atoms with Crippen LogP contribution in [0.2, 0.25) is 0 Å². The van der Waals surface area contributed by atoms with Gasteiger partial charge in [-0.1, -0.05) is 26.0 Å². The second-order valence-corrected chi connectivity index (χ2v) is 10.0. The molecule has 2 aromatic rings. The molecule has 0 aliphatic carbocycles. The average molecular weight is 541 g/mol. The fourth-order valence-corrected chi connectivity index (χ4v) is 4.20. The van der Waals surface area contributed by atoms with Crippen LogP contribution in [0.4, 0.5) is 0 Å². The minimum Gasteiger partial charge on any atom is -0.507 e. The quantitative estimate of drug-likeness (QED) is 0.300. The van der Waals surface area contributed by atoms with Crippen LogP contribution in [-0.2, 0) is 25.6 Å². The van der Waals surface area contributed by atoms with Crippen LogP contribution in [-0.4, -0.2) is 65.7 Å². The predicted octanol–water partition coefficient (Wildman–Crippen LogP) is 2.10. The molecular formula is C29H40N4O6. The van der Waals surface area contributed by atoms with Crippen LogP contribution >= 0.6 is 0 Å². The van der Waals surface area contributed by atoms with E-state index in [1.54, 1.807) is 51.1 Å². The van der Waals surface area contributed by atoms with E-state index in [0.29, 0.717) is 28.0 Å². The molecule has 2 amide bonds. The van der Waals surface area contributed by atoms with E-state index in [9.17, 15) is 24.3 Å². The Morgan fingerprint density at radius 2 is 1.67 bits per heavy atom. The lowest BCUT2D eigenvalue weighted by molar-refractivity contribution is -0.138. The van der Waals surface area contributed by atoms with Crippen molar-refractivity contribution in [2.75, 3.05) is 20.2 Å². The minimum atomic E-state index is -0.913. The standard InChI is InChI=1S/C29H40N4O6/c1-16(2)28(37)32-24(18(4)34)14-20-7-9-25(36)22(13-20)23-15-21(8-10-26(23)39-12-11-30)27(19(5)35)33(6)29(38)17(3)31/h7-10,13,15-17,24,27,36H,11-12,14,30-31H2,1-6H3,(H,32,37)/t17-,24-,27+/m0/s1. The smallest absolute Gasteiger partial charge is 0.239 e. The Morgan fingerprint density at radius 1 is 1.00 bits per heavy atom. The van der Waals surface area contributed by atoms with Gasteiger partial charge in [-0.05, 0) is 62.6 Å². The number of carbonyl (C=O) groups is 4. The van der Waals surface area contributed by atoms with Crippen LogP contribution in [0.5, 0.6) is 11.5 Å². The molecular weight excluding hydrogens is 500 g/mol. The Labute approximate surface area is 229 Å². The van der Waals surface area contributed by atoms with Crippen LogP contribution in [0, 0.1) is 5.92 Å². The van der Waals surface area contributed by atoms with Gasteiger partial charge in [-0.3, -0.25) is 19.2 Å². The molecule has 2 aromatic carbocycles. The summed E-state index contributed by atoms with van der Waals surface area (Å²) in [6, 6.07) is 7.46. The zero-order valence-electron chi connectivity index (χ0n) is 23.5. The number of likely N-dealkylation sites (N-methyl/N-ethyl adjacent to an activating group) is 1. The molecule has 0 aliphatic rings. The van der Waals surface area contributed by atoms with Crippen molar-refractivity contribution < 1.29 is 29.0 Å². The van der Waals surface area contributed by atoms with Gasteiger partial charge in [0.1, 0.15) is 24.1 Å². The number of hydrogen-bond donors (Lipinski definition) is 4. The third-order valence-electron chi connectivity index (χ3n) is 6.33. The van der Waals surface area contributed by atoms with Gasteiger partial charge in [0.2, 0.25) is 11.8 Å². The molecule has 0 bridgehead atoms. The Bertz CT molecular complexity index is 1210. The molecule has 212 valence electrons. The number of ether oxygens (including phenoxy) is 1. The highest BCUT2D eigenvalue weighted by Gasteiger charge is 2.29. The fraction of sp³-hybridized carbons (Fsp3) is 0.448. The summed E-state index contributed by atoms with van der Waals surface area (Å²) in [6.07, 6.45) is 0.210. The number of amides is 2. The second kappa shape index (κ2) is 13.9. The predicted molar refractivity (Wildman–Crippen MR) is 149 cm³/mol. The Balaban J connectivity index is 2.62. The first-order valence-electron chi connectivity index (χ1n) is 12.9. The monoisotopic (exact) mass is 540 g/mol. The molecule has 0 heterocycles. The van der Waals surface area contributed by atoms with Crippen LogP contribution in [0.15, 0.2) is 36.4 Å². The van der Waals surface area contributed by atoms with Gasteiger partial charge in [0.05, 0.1) is 12.1 Å². The maximum absolute atomic E-state index is 12.7. The molecule has 6 N–H and O–H groups in total. The Kier molecular flexibility index (Phi) is 11.2. The number of nitrogens with one attached hydrogen (secondary N) is 1. The lowest BCUT2D eigenvalue weighted by Crippen LogP contribution is -2.43. The van der Waals surface area contributed by atoms with Crippen molar-refractivity contribution in [1.82, 2.24) is 10.2 Å². The number of Topliss-reactive ketones (excluding diaryl/α,β-unsaturated/α-hetero) is 2. The summed E-state index contributed by atoms with van der Waals surface area (Å²) in [7, 11) is 1.52. The summed E-state index contributed by atoms with van der Waals surface area (Å²) in [5, 5.41) is 13.6. The van der Waals surface area contributed by atoms with Crippen molar-refractivity contribution in [3.63, 3.8) is 0 Å². The maximum Gasteiger partial charge on any atom is 0.239 e. The molecule has 2 rings (SSSR count). The molecule has 0 saturated carbocycles. The molecule has 0 aromatic heterocycles. The topological polar surface area (TPSA) is 165 Å². The molecule has 0 fully saturated rings. The minimum absolute atomic E-state index is 0.0570. The Morgan fingerprint density at radius 3 is 2.21 bits per heavy atom. The van der Waals surface area contributed by atoms with E-state index in [-0.39, 0.29) is 48.7 Å². The van der Waals surface area contributed by atoms with Crippen molar-refractivity contribution in [3.05, 3.63) is 47.5 Å². The molecule has 0 aliphatic heterocycles. The van der Waals surface area contributed by atoms with E-state index in [2.05, 4.69) is 5.32 Å². The van der Waals surface area contributed by atoms with E-state index < -0.39 is 24.0 Å². The summed E-state index contributed by atoms with van der Waals surface area (Å²) < 4.78 is 5.84. The lowest BCUT2D eigenvalue weighted by Gasteiger charge is -2.28. The average Bonchev–Trinajstić information content (AvgIpc) is 2.87. The number of nitrogens with zero attached hydrogens (tertiary/aromatic N) is 1. The number of ketones is 2. The number of benzene rings is 2. The first-order valence-corrected chi connectivity index (χ1v) is 12.9.